The van der Waals surface area contributed by atoms with Gasteiger partial charge < -0.3 is 5.32 Å². The molecule has 0 saturated heterocycles. The lowest BCUT2D eigenvalue weighted by Gasteiger charge is -2.24. The maximum absolute atomic E-state index is 14.0. The molecule has 2 aromatic rings. The first-order valence-corrected chi connectivity index (χ1v) is 7.54. The minimum Gasteiger partial charge on any atom is -0.312 e. The van der Waals surface area contributed by atoms with Gasteiger partial charge in [0, 0.05) is 28.2 Å². The molecule has 0 amide bonds. The Kier molecular flexibility index (Phi) is 3.76. The number of likely N-dealkylation sites (N-methyl/N-ethyl adjacent to an activating group) is 1. The van der Waals surface area contributed by atoms with E-state index in [0.29, 0.717) is 5.56 Å². The molecule has 104 valence electrons. The third-order valence-electron chi connectivity index (χ3n) is 3.77. The van der Waals surface area contributed by atoms with E-state index < -0.39 is 11.6 Å². The Morgan fingerprint density at radius 1 is 1.15 bits per heavy atom. The molecule has 0 spiro atoms. The van der Waals surface area contributed by atoms with Gasteiger partial charge >= 0.3 is 0 Å². The highest BCUT2D eigenvalue weighted by molar-refractivity contribution is 7.99. The SMILES string of the molecule is CNC(c1cccc(F)c1F)C1CSc2ccccc21. The third kappa shape index (κ3) is 2.23. The first-order chi connectivity index (χ1) is 9.72. The van der Waals surface area contributed by atoms with Gasteiger partial charge in [-0.15, -0.1) is 11.8 Å². The first kappa shape index (κ1) is 13.6. The zero-order chi connectivity index (χ0) is 14.1. The quantitative estimate of drug-likeness (QED) is 0.913. The summed E-state index contributed by atoms with van der Waals surface area (Å²) in [5.41, 5.74) is 1.61. The fourth-order valence-electron chi connectivity index (χ4n) is 2.80. The Hall–Kier alpha value is -1.39. The molecule has 1 aliphatic rings. The second-order valence-corrected chi connectivity index (χ2v) is 5.93. The van der Waals surface area contributed by atoms with Gasteiger partial charge in [0.15, 0.2) is 11.6 Å². The average molecular weight is 291 g/mol. The van der Waals surface area contributed by atoms with E-state index in [9.17, 15) is 8.78 Å². The molecule has 0 saturated carbocycles. The van der Waals surface area contributed by atoms with Crippen LogP contribution in [-0.4, -0.2) is 12.8 Å². The van der Waals surface area contributed by atoms with Crippen molar-refractivity contribution in [3.8, 4) is 0 Å². The molecule has 1 nitrogen and oxygen atoms in total. The van der Waals surface area contributed by atoms with E-state index in [2.05, 4.69) is 17.4 Å². The van der Waals surface area contributed by atoms with Crippen molar-refractivity contribution in [3.63, 3.8) is 0 Å². The molecule has 1 N–H and O–H groups in total. The molecule has 20 heavy (non-hydrogen) atoms. The van der Waals surface area contributed by atoms with Crippen LogP contribution in [0.5, 0.6) is 0 Å². The molecule has 2 aromatic carbocycles. The summed E-state index contributed by atoms with van der Waals surface area (Å²) >= 11 is 1.77. The van der Waals surface area contributed by atoms with Crippen LogP contribution in [0.4, 0.5) is 8.78 Å². The zero-order valence-corrected chi connectivity index (χ0v) is 11.9. The van der Waals surface area contributed by atoms with Gasteiger partial charge in [0.2, 0.25) is 0 Å². The van der Waals surface area contributed by atoms with Gasteiger partial charge in [0.05, 0.1) is 0 Å². The molecular formula is C16H15F2NS. The van der Waals surface area contributed by atoms with E-state index in [1.165, 1.54) is 10.5 Å². The Labute approximate surface area is 121 Å². The van der Waals surface area contributed by atoms with Crippen LogP contribution >= 0.6 is 11.8 Å². The van der Waals surface area contributed by atoms with E-state index >= 15 is 0 Å². The lowest BCUT2D eigenvalue weighted by molar-refractivity contribution is 0.450. The van der Waals surface area contributed by atoms with Crippen LogP contribution in [0.3, 0.4) is 0 Å². The molecule has 2 atom stereocenters. The van der Waals surface area contributed by atoms with E-state index in [0.717, 1.165) is 11.8 Å². The molecule has 1 heterocycles. The van der Waals surface area contributed by atoms with Crippen LogP contribution in [0.25, 0.3) is 0 Å². The summed E-state index contributed by atoms with van der Waals surface area (Å²) in [4.78, 5) is 1.23. The van der Waals surface area contributed by atoms with Crippen molar-refractivity contribution < 1.29 is 8.78 Å². The summed E-state index contributed by atoms with van der Waals surface area (Å²) in [6.45, 7) is 0. The van der Waals surface area contributed by atoms with Gasteiger partial charge in [-0.1, -0.05) is 30.3 Å². The van der Waals surface area contributed by atoms with Gasteiger partial charge in [-0.05, 0) is 24.7 Å². The zero-order valence-electron chi connectivity index (χ0n) is 11.1. The molecule has 0 fully saturated rings. The van der Waals surface area contributed by atoms with Gasteiger partial charge in [0.25, 0.3) is 0 Å². The van der Waals surface area contributed by atoms with E-state index in [1.807, 2.05) is 12.1 Å². The predicted molar refractivity (Wildman–Crippen MR) is 78.1 cm³/mol. The number of hydrogen-bond donors (Lipinski definition) is 1. The molecular weight excluding hydrogens is 276 g/mol. The highest BCUT2D eigenvalue weighted by atomic mass is 32.2. The maximum atomic E-state index is 14.0. The molecule has 0 bridgehead atoms. The first-order valence-electron chi connectivity index (χ1n) is 6.55. The summed E-state index contributed by atoms with van der Waals surface area (Å²) in [5, 5.41) is 3.15. The largest absolute Gasteiger partial charge is 0.312 e. The lowest BCUT2D eigenvalue weighted by atomic mass is 9.88. The number of rotatable bonds is 3. The Morgan fingerprint density at radius 3 is 2.75 bits per heavy atom. The average Bonchev–Trinajstić information content (AvgIpc) is 2.88. The van der Waals surface area contributed by atoms with Crippen molar-refractivity contribution in [1.29, 1.82) is 0 Å². The second kappa shape index (κ2) is 5.54. The van der Waals surface area contributed by atoms with E-state index in [1.54, 1.807) is 30.9 Å². The summed E-state index contributed by atoms with van der Waals surface area (Å²) in [5.74, 6) is -0.513. The fourth-order valence-corrected chi connectivity index (χ4v) is 4.09. The van der Waals surface area contributed by atoms with Gasteiger partial charge in [-0.25, -0.2) is 8.78 Å². The number of benzene rings is 2. The van der Waals surface area contributed by atoms with Gasteiger partial charge in [-0.2, -0.15) is 0 Å². The smallest absolute Gasteiger partial charge is 0.163 e. The summed E-state index contributed by atoms with van der Waals surface area (Å²) in [6, 6.07) is 12.3. The highest BCUT2D eigenvalue weighted by Crippen LogP contribution is 2.45. The van der Waals surface area contributed by atoms with Crippen molar-refractivity contribution >= 4 is 11.8 Å². The Morgan fingerprint density at radius 2 is 1.95 bits per heavy atom. The number of thioether (sulfide) groups is 1. The standard InChI is InChI=1S/C16H15F2NS/c1-19-16(11-6-4-7-13(17)15(11)18)12-9-20-14-8-3-2-5-10(12)14/h2-8,12,16,19H,9H2,1H3. The lowest BCUT2D eigenvalue weighted by Crippen LogP contribution is -2.25. The number of nitrogens with one attached hydrogen (secondary N) is 1. The Balaban J connectivity index is 2.02. The summed E-state index contributed by atoms with van der Waals surface area (Å²) in [7, 11) is 1.79. The van der Waals surface area contributed by atoms with Crippen LogP contribution in [0, 0.1) is 11.6 Å². The van der Waals surface area contributed by atoms with Crippen LogP contribution in [0.15, 0.2) is 47.4 Å². The number of halogens is 2. The van der Waals surface area contributed by atoms with Crippen molar-refractivity contribution in [2.75, 3.05) is 12.8 Å². The summed E-state index contributed by atoms with van der Waals surface area (Å²) < 4.78 is 27.5. The fraction of sp³-hybridized carbons (Fsp3) is 0.250. The molecule has 3 rings (SSSR count). The van der Waals surface area contributed by atoms with Crippen LogP contribution in [0.1, 0.15) is 23.1 Å². The molecule has 0 aromatic heterocycles. The molecule has 4 heteroatoms. The second-order valence-electron chi connectivity index (χ2n) is 4.86. The van der Waals surface area contributed by atoms with Gasteiger partial charge in [-0.3, -0.25) is 0 Å². The minimum atomic E-state index is -0.790. The maximum Gasteiger partial charge on any atom is 0.163 e. The highest BCUT2D eigenvalue weighted by Gasteiger charge is 2.32. The summed E-state index contributed by atoms with van der Waals surface area (Å²) in [6.07, 6.45) is 0. The molecule has 0 aliphatic carbocycles. The number of fused-ring (bicyclic) bond motifs is 1. The normalized spacial score (nSPS) is 18.9. The third-order valence-corrected chi connectivity index (χ3v) is 4.98. The minimum absolute atomic E-state index is 0.150. The van der Waals surface area contributed by atoms with E-state index in [-0.39, 0.29) is 12.0 Å². The molecule has 2 unspecified atom stereocenters. The monoisotopic (exact) mass is 291 g/mol. The van der Waals surface area contributed by atoms with Crippen LogP contribution in [0.2, 0.25) is 0 Å². The van der Waals surface area contributed by atoms with E-state index in [4.69, 9.17) is 0 Å². The van der Waals surface area contributed by atoms with Gasteiger partial charge in [0.1, 0.15) is 0 Å². The van der Waals surface area contributed by atoms with Crippen molar-refractivity contribution in [2.45, 2.75) is 16.9 Å². The van der Waals surface area contributed by atoms with Crippen LogP contribution < -0.4 is 5.32 Å². The Bertz CT molecular complexity index is 630. The molecule has 1 aliphatic heterocycles. The van der Waals surface area contributed by atoms with Crippen molar-refractivity contribution in [2.24, 2.45) is 0 Å². The topological polar surface area (TPSA) is 12.0 Å². The van der Waals surface area contributed by atoms with Crippen molar-refractivity contribution in [3.05, 3.63) is 65.2 Å². The molecule has 0 radical (unpaired) electrons. The predicted octanol–water partition coefficient (Wildman–Crippen LogP) is 4.11. The van der Waals surface area contributed by atoms with Crippen molar-refractivity contribution in [1.82, 2.24) is 5.32 Å². The van der Waals surface area contributed by atoms with Crippen LogP contribution in [-0.2, 0) is 0 Å². The number of hydrogen-bond acceptors (Lipinski definition) is 2.